The highest BCUT2D eigenvalue weighted by Gasteiger charge is 2.71. The second kappa shape index (κ2) is 7.60. The molecule has 0 saturated heterocycles. The third kappa shape index (κ3) is 3.34. The molecular weight excluding hydrogens is 371 g/mol. The lowest BCUT2D eigenvalue weighted by Gasteiger charge is -2.58. The van der Waals surface area contributed by atoms with Crippen LogP contribution in [0.4, 0.5) is 0 Å². The van der Waals surface area contributed by atoms with Crippen LogP contribution in [-0.2, 0) is 0 Å². The Hall–Kier alpha value is 1.52. The lowest BCUT2D eigenvalue weighted by Crippen LogP contribution is -2.77. The average molecular weight is 406 g/mol. The van der Waals surface area contributed by atoms with Gasteiger partial charge >= 0.3 is 0 Å². The zero-order chi connectivity index (χ0) is 17.4. The quantitative estimate of drug-likeness (QED) is 0.300. The van der Waals surface area contributed by atoms with Gasteiger partial charge in [-0.1, -0.05) is 80.3 Å². The van der Waals surface area contributed by atoms with Gasteiger partial charge in [0.25, 0.3) is 0 Å². The second-order valence-electron chi connectivity index (χ2n) is 8.03. The molecule has 0 heterocycles. The fraction of sp³-hybridized carbons (Fsp3) is 1.00. The molecule has 0 amide bonds. The Morgan fingerprint density at radius 1 is 0.476 bits per heavy atom. The fourth-order valence-electron chi connectivity index (χ4n) is 4.68. The lowest BCUT2D eigenvalue weighted by molar-refractivity contribution is 0.893. The van der Waals surface area contributed by atoms with Crippen LogP contribution in [0.1, 0.15) is 69.2 Å². The maximum Gasteiger partial charge on any atom is 0.240 e. The second-order valence-corrected chi connectivity index (χ2v) is 38.5. The molecule has 0 rings (SSSR count). The number of hydrogen-bond acceptors (Lipinski definition) is 0. The highest BCUT2D eigenvalue weighted by atomic mass is 35.7. The summed E-state index contributed by atoms with van der Waals surface area (Å²) >= 11 is 22.2. The zero-order valence-corrected chi connectivity index (χ0v) is 20.8. The van der Waals surface area contributed by atoms with Crippen molar-refractivity contribution in [1.82, 2.24) is 0 Å². The molecule has 0 aliphatic carbocycles. The van der Waals surface area contributed by atoms with Gasteiger partial charge in [-0.15, -0.1) is 22.2 Å². The van der Waals surface area contributed by atoms with E-state index in [-0.39, 0.29) is 0 Å². The summed E-state index contributed by atoms with van der Waals surface area (Å²) in [6.45, 7) is 20.9. The molecule has 0 bridgehead atoms. The molecule has 0 radical (unpaired) electrons. The largest absolute Gasteiger partial charge is 0.240 e. The minimum absolute atomic E-state index is 0.362. The van der Waals surface area contributed by atoms with E-state index in [1.165, 1.54) is 0 Å². The lowest BCUT2D eigenvalue weighted by atomic mass is 10.5. The average Bonchev–Trinajstić information content (AvgIpc) is 2.26. The first-order valence-electron chi connectivity index (χ1n) is 8.28. The first-order chi connectivity index (χ1) is 9.22. The Labute approximate surface area is 150 Å². The van der Waals surface area contributed by atoms with Gasteiger partial charge in [-0.25, -0.2) is 0 Å². The van der Waals surface area contributed by atoms with Crippen LogP contribution >= 0.6 is 33.2 Å². The van der Waals surface area contributed by atoms with Gasteiger partial charge in [0.15, 0.2) is 6.90 Å². The van der Waals surface area contributed by atoms with Crippen LogP contribution in [0.3, 0.4) is 0 Å². The van der Waals surface area contributed by atoms with Crippen molar-refractivity contribution < 1.29 is 0 Å². The monoisotopic (exact) mass is 404 g/mol. The molecule has 0 fully saturated rings. The molecule has 0 aliphatic heterocycles. The molecule has 0 atom stereocenters. The van der Waals surface area contributed by atoms with Gasteiger partial charge in [0.2, 0.25) is 6.21 Å². The standard InChI is InChI=1S/C15H35Cl3Si3/c1-11(2)19(16,12(3)4)20(13(5)6,14(7)8)21(17,18)15(9)10/h11-15H,1-10H3. The third-order valence-electron chi connectivity index (χ3n) is 5.41. The number of rotatable bonds is 7. The molecule has 128 valence electrons. The predicted molar refractivity (Wildman–Crippen MR) is 110 cm³/mol. The maximum absolute atomic E-state index is 7.62. The summed E-state index contributed by atoms with van der Waals surface area (Å²) in [7, 11) is -2.05. The molecule has 21 heavy (non-hydrogen) atoms. The van der Waals surface area contributed by atoms with E-state index in [0.29, 0.717) is 27.7 Å². The molecule has 0 unspecified atom stereocenters. The molecule has 0 aromatic rings. The van der Waals surface area contributed by atoms with Gasteiger partial charge in [0.1, 0.15) is 7.11 Å². The van der Waals surface area contributed by atoms with E-state index >= 15 is 0 Å². The first-order valence-corrected chi connectivity index (χ1v) is 19.7. The summed E-state index contributed by atoms with van der Waals surface area (Å²) in [5.74, 6) is 0. The summed E-state index contributed by atoms with van der Waals surface area (Å²) in [5.41, 5.74) is 2.46. The van der Waals surface area contributed by atoms with Crippen molar-refractivity contribution in [2.24, 2.45) is 0 Å². The van der Waals surface area contributed by atoms with E-state index in [1.54, 1.807) is 0 Å². The van der Waals surface area contributed by atoms with Crippen molar-refractivity contribution in [3.63, 3.8) is 0 Å². The van der Waals surface area contributed by atoms with Crippen molar-refractivity contribution in [2.75, 3.05) is 0 Å². The molecule has 0 nitrogen and oxygen atoms in total. The van der Waals surface area contributed by atoms with Crippen LogP contribution in [0.5, 0.6) is 0 Å². The number of halogens is 3. The molecule has 0 aromatic heterocycles. The maximum atomic E-state index is 7.62. The smallest absolute Gasteiger partial charge is 0.170 e. The van der Waals surface area contributed by atoms with Crippen molar-refractivity contribution >= 4 is 53.5 Å². The van der Waals surface area contributed by atoms with Crippen LogP contribution in [0.25, 0.3) is 0 Å². The summed E-state index contributed by atoms with van der Waals surface area (Å²) in [4.78, 5) is 0. The van der Waals surface area contributed by atoms with E-state index in [1.807, 2.05) is 0 Å². The summed E-state index contributed by atoms with van der Waals surface area (Å²) < 4.78 is 0. The predicted octanol–water partition coefficient (Wildman–Crippen LogP) is 7.75. The molecule has 0 aliphatic rings. The number of hydrogen-bond donors (Lipinski definition) is 0. The van der Waals surface area contributed by atoms with E-state index < -0.39 is 20.2 Å². The van der Waals surface area contributed by atoms with E-state index in [2.05, 4.69) is 69.2 Å². The van der Waals surface area contributed by atoms with Gasteiger partial charge < -0.3 is 0 Å². The Bertz CT molecular complexity index is 323. The highest BCUT2D eigenvalue weighted by Crippen LogP contribution is 2.59. The van der Waals surface area contributed by atoms with E-state index in [4.69, 9.17) is 33.2 Å². The fourth-order valence-corrected chi connectivity index (χ4v) is 73.3. The molecule has 6 heteroatoms. The SMILES string of the molecule is CC(C)[Si](Cl)(Cl)[Si](C(C)C)(C(C)C)[Si](Cl)(C(C)C)C(C)C. The highest BCUT2D eigenvalue weighted by molar-refractivity contribution is 7.94. The Kier molecular flexibility index (Phi) is 8.16. The normalized spacial score (nSPS) is 15.1. The van der Waals surface area contributed by atoms with Crippen LogP contribution in [0.15, 0.2) is 0 Å². The molecule has 0 saturated carbocycles. The van der Waals surface area contributed by atoms with Crippen LogP contribution in [0, 0.1) is 0 Å². The van der Waals surface area contributed by atoms with E-state index in [0.717, 1.165) is 0 Å². The minimum atomic E-state index is -2.43. The van der Waals surface area contributed by atoms with Crippen molar-refractivity contribution in [3.8, 4) is 0 Å². The van der Waals surface area contributed by atoms with Crippen molar-refractivity contribution in [3.05, 3.63) is 0 Å². The van der Waals surface area contributed by atoms with Crippen molar-refractivity contribution in [1.29, 1.82) is 0 Å². The van der Waals surface area contributed by atoms with Crippen LogP contribution in [-0.4, -0.2) is 20.2 Å². The minimum Gasteiger partial charge on any atom is -0.170 e. The van der Waals surface area contributed by atoms with Crippen LogP contribution < -0.4 is 0 Å². The third-order valence-corrected chi connectivity index (χ3v) is 60.7. The van der Waals surface area contributed by atoms with Gasteiger partial charge in [0, 0.05) is 0 Å². The van der Waals surface area contributed by atoms with Gasteiger partial charge in [-0.2, -0.15) is 11.1 Å². The van der Waals surface area contributed by atoms with Crippen molar-refractivity contribution in [2.45, 2.75) is 96.9 Å². The van der Waals surface area contributed by atoms with E-state index in [9.17, 15) is 0 Å². The molecule has 0 aromatic carbocycles. The Morgan fingerprint density at radius 3 is 0.905 bits per heavy atom. The summed E-state index contributed by atoms with van der Waals surface area (Å²) in [5, 5.41) is 0. The first kappa shape index (κ1) is 22.5. The van der Waals surface area contributed by atoms with Crippen LogP contribution in [0.2, 0.25) is 27.7 Å². The topological polar surface area (TPSA) is 0 Å². The molecular formula is C15H35Cl3Si3. The molecule has 0 N–H and O–H groups in total. The molecule has 0 spiro atoms. The Balaban J connectivity index is 6.69. The zero-order valence-electron chi connectivity index (χ0n) is 15.5. The van der Waals surface area contributed by atoms with Gasteiger partial charge in [-0.3, -0.25) is 0 Å². The summed E-state index contributed by atoms with van der Waals surface area (Å²) in [6.07, 6.45) is -2.43. The van der Waals surface area contributed by atoms with Gasteiger partial charge in [0.05, 0.1) is 0 Å². The Morgan fingerprint density at radius 2 is 0.762 bits per heavy atom. The summed E-state index contributed by atoms with van der Waals surface area (Å²) in [6, 6.07) is 0. The van der Waals surface area contributed by atoms with Gasteiger partial charge in [-0.05, 0) is 16.6 Å².